The number of hydrogen-bond donors (Lipinski definition) is 0. The number of esters is 1. The second-order valence-electron chi connectivity index (χ2n) is 3.47. The first-order chi connectivity index (χ1) is 8.45. The van der Waals surface area contributed by atoms with E-state index in [9.17, 15) is 9.59 Å². The van der Waals surface area contributed by atoms with Crippen molar-refractivity contribution in [3.05, 3.63) is 33.8 Å². The maximum absolute atomic E-state index is 12.0. The van der Waals surface area contributed by atoms with Crippen LogP contribution < -0.4 is 0 Å². The predicted molar refractivity (Wildman–Crippen MR) is 74.8 cm³/mol. The minimum absolute atomic E-state index is 0.0209. The molecule has 0 aliphatic heterocycles. The Kier molecular flexibility index (Phi) is 6.12. The molecule has 98 valence electrons. The summed E-state index contributed by atoms with van der Waals surface area (Å²) in [7, 11) is 0. The van der Waals surface area contributed by atoms with E-state index in [0.717, 1.165) is 0 Å². The Hall–Kier alpha value is -0.580. The molecule has 1 rings (SSSR count). The van der Waals surface area contributed by atoms with Gasteiger partial charge in [-0.3, -0.25) is 9.59 Å². The smallest absolute Gasteiger partial charge is 0.307 e. The molecule has 0 N–H and O–H groups in total. The van der Waals surface area contributed by atoms with Gasteiger partial charge in [-0.25, -0.2) is 0 Å². The number of ether oxygens (including phenoxy) is 1. The average Bonchev–Trinajstić information content (AvgIpc) is 2.32. The van der Waals surface area contributed by atoms with Crippen molar-refractivity contribution in [3.8, 4) is 0 Å². The molecule has 0 spiro atoms. The van der Waals surface area contributed by atoms with Gasteiger partial charge in [-0.15, -0.1) is 0 Å². The average molecular weight is 354 g/mol. The van der Waals surface area contributed by atoms with Gasteiger partial charge in [-0.1, -0.05) is 39.1 Å². The van der Waals surface area contributed by atoms with Crippen LogP contribution in [0.1, 0.15) is 23.7 Å². The van der Waals surface area contributed by atoms with Crippen molar-refractivity contribution < 1.29 is 14.3 Å². The third kappa shape index (κ3) is 4.26. The molecule has 18 heavy (non-hydrogen) atoms. The van der Waals surface area contributed by atoms with Gasteiger partial charge in [0.15, 0.2) is 5.78 Å². The Morgan fingerprint density at radius 1 is 1.33 bits per heavy atom. The molecule has 0 amide bonds. The van der Waals surface area contributed by atoms with Crippen molar-refractivity contribution in [3.63, 3.8) is 0 Å². The number of carbonyl (C=O) groups is 2. The number of carbonyl (C=O) groups excluding carboxylic acids is 2. The topological polar surface area (TPSA) is 43.4 Å². The first-order valence-corrected chi connectivity index (χ1v) is 6.91. The SMILES string of the molecule is CCOC(=O)C[C@H](Br)C(=O)c1ccc(Cl)c(Cl)c1. The molecule has 0 aliphatic rings. The highest BCUT2D eigenvalue weighted by molar-refractivity contribution is 9.10. The van der Waals surface area contributed by atoms with Gasteiger partial charge in [0.2, 0.25) is 0 Å². The number of benzene rings is 1. The van der Waals surface area contributed by atoms with Crippen LogP contribution in [0.25, 0.3) is 0 Å². The van der Waals surface area contributed by atoms with E-state index < -0.39 is 10.8 Å². The number of halogens is 3. The van der Waals surface area contributed by atoms with E-state index in [-0.39, 0.29) is 12.2 Å². The van der Waals surface area contributed by atoms with Gasteiger partial charge >= 0.3 is 5.97 Å². The second-order valence-corrected chi connectivity index (χ2v) is 5.39. The summed E-state index contributed by atoms with van der Waals surface area (Å²) in [5, 5.41) is 0.683. The van der Waals surface area contributed by atoms with Gasteiger partial charge in [-0.05, 0) is 25.1 Å². The summed E-state index contributed by atoms with van der Waals surface area (Å²) < 4.78 is 4.77. The van der Waals surface area contributed by atoms with Crippen molar-refractivity contribution in [2.75, 3.05) is 6.61 Å². The molecule has 6 heteroatoms. The molecule has 0 saturated carbocycles. The lowest BCUT2D eigenvalue weighted by molar-refractivity contribution is -0.142. The Balaban J connectivity index is 2.74. The van der Waals surface area contributed by atoms with Crippen LogP contribution in [-0.4, -0.2) is 23.2 Å². The summed E-state index contributed by atoms with van der Waals surface area (Å²) in [5.41, 5.74) is 0.399. The number of hydrogen-bond acceptors (Lipinski definition) is 3. The van der Waals surface area contributed by atoms with Gasteiger partial charge in [0.1, 0.15) is 0 Å². The monoisotopic (exact) mass is 352 g/mol. The highest BCUT2D eigenvalue weighted by atomic mass is 79.9. The molecule has 1 aromatic carbocycles. The first-order valence-electron chi connectivity index (χ1n) is 5.24. The van der Waals surface area contributed by atoms with Crippen LogP contribution in [0, 0.1) is 0 Å². The van der Waals surface area contributed by atoms with E-state index in [1.807, 2.05) is 0 Å². The molecule has 1 aromatic rings. The zero-order chi connectivity index (χ0) is 13.7. The molecule has 0 heterocycles. The fourth-order valence-electron chi connectivity index (χ4n) is 1.29. The second kappa shape index (κ2) is 7.12. The van der Waals surface area contributed by atoms with Crippen molar-refractivity contribution in [1.82, 2.24) is 0 Å². The van der Waals surface area contributed by atoms with Crippen LogP contribution in [-0.2, 0) is 9.53 Å². The van der Waals surface area contributed by atoms with Crippen molar-refractivity contribution in [2.24, 2.45) is 0 Å². The summed E-state index contributed by atoms with van der Waals surface area (Å²) in [6.45, 7) is 2.00. The van der Waals surface area contributed by atoms with Crippen LogP contribution in [0.5, 0.6) is 0 Å². The van der Waals surface area contributed by atoms with E-state index in [1.165, 1.54) is 6.07 Å². The molecule has 0 fully saturated rings. The highest BCUT2D eigenvalue weighted by Gasteiger charge is 2.21. The Morgan fingerprint density at radius 3 is 2.56 bits per heavy atom. The van der Waals surface area contributed by atoms with E-state index in [2.05, 4.69) is 15.9 Å². The maximum Gasteiger partial charge on any atom is 0.307 e. The zero-order valence-electron chi connectivity index (χ0n) is 9.58. The van der Waals surface area contributed by atoms with E-state index >= 15 is 0 Å². The summed E-state index contributed by atoms with van der Waals surface area (Å²) in [5.74, 6) is -0.658. The van der Waals surface area contributed by atoms with E-state index in [0.29, 0.717) is 22.2 Å². The minimum Gasteiger partial charge on any atom is -0.466 e. The number of Topliss-reactive ketones (excluding diaryl/α,β-unsaturated/α-hetero) is 1. The third-order valence-electron chi connectivity index (χ3n) is 2.14. The molecule has 0 aromatic heterocycles. The molecule has 0 bridgehead atoms. The molecular weight excluding hydrogens is 343 g/mol. The summed E-state index contributed by atoms with van der Waals surface area (Å²) in [4.78, 5) is 22.6. The van der Waals surface area contributed by atoms with Crippen LogP contribution in [0.15, 0.2) is 18.2 Å². The number of rotatable bonds is 5. The third-order valence-corrected chi connectivity index (χ3v) is 3.62. The lowest BCUT2D eigenvalue weighted by Crippen LogP contribution is -2.19. The van der Waals surface area contributed by atoms with Crippen molar-refractivity contribution in [1.29, 1.82) is 0 Å². The minimum atomic E-state index is -0.631. The lowest BCUT2D eigenvalue weighted by atomic mass is 10.1. The standard InChI is InChI=1S/C12H11BrCl2O3/c1-2-18-11(16)6-8(13)12(17)7-3-4-9(14)10(15)5-7/h3-5,8H,2,6H2,1H3/t8-/m0/s1. The molecule has 0 saturated heterocycles. The van der Waals surface area contributed by atoms with Gasteiger partial charge in [0, 0.05) is 5.56 Å². The van der Waals surface area contributed by atoms with Gasteiger partial charge in [0.05, 0.1) is 27.9 Å². The molecule has 0 aliphatic carbocycles. The quantitative estimate of drug-likeness (QED) is 0.458. The van der Waals surface area contributed by atoms with E-state index in [1.54, 1.807) is 19.1 Å². The first kappa shape index (κ1) is 15.5. The van der Waals surface area contributed by atoms with E-state index in [4.69, 9.17) is 27.9 Å². The van der Waals surface area contributed by atoms with Crippen LogP contribution in [0.2, 0.25) is 10.0 Å². The van der Waals surface area contributed by atoms with Gasteiger partial charge < -0.3 is 4.74 Å². The molecule has 1 atom stereocenters. The largest absolute Gasteiger partial charge is 0.466 e. The predicted octanol–water partition coefficient (Wildman–Crippen LogP) is 3.89. The van der Waals surface area contributed by atoms with Gasteiger partial charge in [-0.2, -0.15) is 0 Å². The van der Waals surface area contributed by atoms with Crippen molar-refractivity contribution >= 4 is 50.9 Å². The molecule has 3 nitrogen and oxygen atoms in total. The number of alkyl halides is 1. The maximum atomic E-state index is 12.0. The molecule has 0 unspecified atom stereocenters. The highest BCUT2D eigenvalue weighted by Crippen LogP contribution is 2.24. The molecule has 0 radical (unpaired) electrons. The Labute approximate surface area is 124 Å². The molecular formula is C12H11BrCl2O3. The van der Waals surface area contributed by atoms with Crippen molar-refractivity contribution in [2.45, 2.75) is 18.2 Å². The Morgan fingerprint density at radius 2 is 2.00 bits per heavy atom. The van der Waals surface area contributed by atoms with Gasteiger partial charge in [0.25, 0.3) is 0 Å². The summed E-state index contributed by atoms with van der Waals surface area (Å²) in [6.07, 6.45) is -0.0209. The fraction of sp³-hybridized carbons (Fsp3) is 0.333. The van der Waals surface area contributed by atoms with Crippen LogP contribution in [0.4, 0.5) is 0 Å². The zero-order valence-corrected chi connectivity index (χ0v) is 12.7. The van der Waals surface area contributed by atoms with Crippen LogP contribution in [0.3, 0.4) is 0 Å². The fourth-order valence-corrected chi connectivity index (χ4v) is 2.12. The number of ketones is 1. The lowest BCUT2D eigenvalue weighted by Gasteiger charge is -2.09. The van der Waals surface area contributed by atoms with Crippen LogP contribution >= 0.6 is 39.1 Å². The normalized spacial score (nSPS) is 12.0. The summed E-state index contributed by atoms with van der Waals surface area (Å²) >= 11 is 14.8. The summed E-state index contributed by atoms with van der Waals surface area (Å²) in [6, 6.07) is 4.59. The Bertz CT molecular complexity index is 463.